The van der Waals surface area contributed by atoms with Gasteiger partial charge in [-0.3, -0.25) is 0 Å². The maximum atomic E-state index is 12.0. The number of nitrogens with zero attached hydrogens (tertiary/aromatic N) is 1. The van der Waals surface area contributed by atoms with Gasteiger partial charge in [-0.1, -0.05) is 6.07 Å². The van der Waals surface area contributed by atoms with Gasteiger partial charge in [-0.05, 0) is 25.5 Å². The van der Waals surface area contributed by atoms with Gasteiger partial charge in [-0.15, -0.1) is 0 Å². The molecule has 1 aromatic rings. The van der Waals surface area contributed by atoms with Gasteiger partial charge < -0.3 is 15.2 Å². The standard InChI is InChI=1S/C14H20N2O3/c1-9-5-12(6-10(2)18-9)19-14(17)13-4-3-11(7-15)8-16-13/h3-4,8-10,12H,5-7,15H2,1-2H3. The van der Waals surface area contributed by atoms with Crippen molar-refractivity contribution in [3.63, 3.8) is 0 Å². The van der Waals surface area contributed by atoms with Gasteiger partial charge in [-0.2, -0.15) is 0 Å². The summed E-state index contributed by atoms with van der Waals surface area (Å²) in [5.41, 5.74) is 6.70. The first-order chi connectivity index (χ1) is 9.08. The summed E-state index contributed by atoms with van der Waals surface area (Å²) in [5.74, 6) is -0.380. The molecular weight excluding hydrogens is 244 g/mol. The summed E-state index contributed by atoms with van der Waals surface area (Å²) >= 11 is 0. The first-order valence-electron chi connectivity index (χ1n) is 6.60. The molecule has 1 aliphatic rings. The molecule has 0 radical (unpaired) electrons. The third-order valence-corrected chi connectivity index (χ3v) is 3.20. The lowest BCUT2D eigenvalue weighted by atomic mass is 10.0. The number of hydrogen-bond acceptors (Lipinski definition) is 5. The van der Waals surface area contributed by atoms with Crippen molar-refractivity contribution in [2.24, 2.45) is 5.73 Å². The largest absolute Gasteiger partial charge is 0.457 e. The molecule has 0 aliphatic carbocycles. The van der Waals surface area contributed by atoms with E-state index in [4.69, 9.17) is 15.2 Å². The zero-order chi connectivity index (χ0) is 13.8. The van der Waals surface area contributed by atoms with E-state index in [1.54, 1.807) is 18.3 Å². The minimum Gasteiger partial charge on any atom is -0.457 e. The van der Waals surface area contributed by atoms with E-state index in [1.807, 2.05) is 13.8 Å². The van der Waals surface area contributed by atoms with Crippen molar-refractivity contribution in [3.05, 3.63) is 29.6 Å². The molecule has 5 nitrogen and oxygen atoms in total. The average Bonchev–Trinajstić information content (AvgIpc) is 2.37. The second kappa shape index (κ2) is 6.12. The van der Waals surface area contributed by atoms with Crippen LogP contribution in [0.1, 0.15) is 42.7 Å². The molecule has 2 atom stereocenters. The van der Waals surface area contributed by atoms with E-state index in [0.717, 1.165) is 18.4 Å². The smallest absolute Gasteiger partial charge is 0.357 e. The quantitative estimate of drug-likeness (QED) is 0.840. The van der Waals surface area contributed by atoms with Gasteiger partial charge in [0.1, 0.15) is 11.8 Å². The molecule has 1 fully saturated rings. The van der Waals surface area contributed by atoms with Crippen LogP contribution in [0, 0.1) is 0 Å². The zero-order valence-corrected chi connectivity index (χ0v) is 11.3. The monoisotopic (exact) mass is 264 g/mol. The fraction of sp³-hybridized carbons (Fsp3) is 0.571. The number of nitrogens with two attached hydrogens (primary N) is 1. The Bertz CT molecular complexity index is 423. The van der Waals surface area contributed by atoms with Crippen LogP contribution >= 0.6 is 0 Å². The minimum atomic E-state index is -0.380. The first kappa shape index (κ1) is 14.0. The topological polar surface area (TPSA) is 74.4 Å². The van der Waals surface area contributed by atoms with Crippen LogP contribution < -0.4 is 5.73 Å². The van der Waals surface area contributed by atoms with E-state index in [-0.39, 0.29) is 24.3 Å². The highest BCUT2D eigenvalue weighted by molar-refractivity contribution is 5.87. The van der Waals surface area contributed by atoms with Crippen LogP contribution in [0.3, 0.4) is 0 Å². The van der Waals surface area contributed by atoms with Gasteiger partial charge in [0.15, 0.2) is 0 Å². The maximum Gasteiger partial charge on any atom is 0.357 e. The Morgan fingerprint density at radius 1 is 1.42 bits per heavy atom. The van der Waals surface area contributed by atoms with Gasteiger partial charge in [0.25, 0.3) is 0 Å². The van der Waals surface area contributed by atoms with Crippen molar-refractivity contribution in [2.45, 2.75) is 51.5 Å². The Morgan fingerprint density at radius 3 is 2.63 bits per heavy atom. The second-order valence-corrected chi connectivity index (χ2v) is 5.01. The Hall–Kier alpha value is -1.46. The fourth-order valence-corrected chi connectivity index (χ4v) is 2.32. The van der Waals surface area contributed by atoms with Crippen LogP contribution in [-0.4, -0.2) is 29.3 Å². The van der Waals surface area contributed by atoms with Crippen LogP contribution in [0.25, 0.3) is 0 Å². The predicted molar refractivity (Wildman–Crippen MR) is 70.6 cm³/mol. The molecule has 1 aromatic heterocycles. The number of carbonyl (C=O) groups is 1. The Balaban J connectivity index is 1.96. The van der Waals surface area contributed by atoms with E-state index in [9.17, 15) is 4.79 Å². The Labute approximate surface area is 113 Å². The SMILES string of the molecule is CC1CC(OC(=O)c2ccc(CN)cn2)CC(C)O1. The summed E-state index contributed by atoms with van der Waals surface area (Å²) in [5, 5.41) is 0. The molecule has 5 heteroatoms. The Morgan fingerprint density at radius 2 is 2.11 bits per heavy atom. The number of esters is 1. The molecule has 104 valence electrons. The lowest BCUT2D eigenvalue weighted by molar-refractivity contribution is -0.0856. The molecule has 0 amide bonds. The summed E-state index contributed by atoms with van der Waals surface area (Å²) in [6.45, 7) is 4.40. The van der Waals surface area contributed by atoms with Crippen LogP contribution in [-0.2, 0) is 16.0 Å². The molecule has 0 bridgehead atoms. The first-order valence-corrected chi connectivity index (χ1v) is 6.60. The van der Waals surface area contributed by atoms with E-state index in [2.05, 4.69) is 4.98 Å². The number of carbonyl (C=O) groups excluding carboxylic acids is 1. The molecular formula is C14H20N2O3. The van der Waals surface area contributed by atoms with Crippen LogP contribution in [0.4, 0.5) is 0 Å². The molecule has 2 heterocycles. The van der Waals surface area contributed by atoms with Gasteiger partial charge in [0.2, 0.25) is 0 Å². The van der Waals surface area contributed by atoms with E-state index >= 15 is 0 Å². The molecule has 0 saturated carbocycles. The number of pyridine rings is 1. The molecule has 2 rings (SSSR count). The highest BCUT2D eigenvalue weighted by atomic mass is 16.6. The molecule has 1 aliphatic heterocycles. The van der Waals surface area contributed by atoms with E-state index in [1.165, 1.54) is 0 Å². The van der Waals surface area contributed by atoms with Crippen LogP contribution in [0.15, 0.2) is 18.3 Å². The molecule has 0 aromatic carbocycles. The highest BCUT2D eigenvalue weighted by Gasteiger charge is 2.27. The van der Waals surface area contributed by atoms with E-state index < -0.39 is 0 Å². The highest BCUT2D eigenvalue weighted by Crippen LogP contribution is 2.22. The van der Waals surface area contributed by atoms with Gasteiger partial charge in [-0.25, -0.2) is 9.78 Å². The summed E-state index contributed by atoms with van der Waals surface area (Å²) in [4.78, 5) is 16.0. The summed E-state index contributed by atoms with van der Waals surface area (Å²) in [7, 11) is 0. The number of rotatable bonds is 3. The second-order valence-electron chi connectivity index (χ2n) is 5.01. The summed E-state index contributed by atoms with van der Waals surface area (Å²) < 4.78 is 11.1. The van der Waals surface area contributed by atoms with Gasteiger partial charge in [0, 0.05) is 25.6 Å². The summed E-state index contributed by atoms with van der Waals surface area (Å²) in [6, 6.07) is 3.44. The molecule has 19 heavy (non-hydrogen) atoms. The van der Waals surface area contributed by atoms with Gasteiger partial charge in [0.05, 0.1) is 12.2 Å². The zero-order valence-electron chi connectivity index (χ0n) is 11.3. The average molecular weight is 264 g/mol. The number of ether oxygens (including phenoxy) is 2. The number of aromatic nitrogens is 1. The lowest BCUT2D eigenvalue weighted by Gasteiger charge is -2.31. The minimum absolute atomic E-state index is 0.0952. The summed E-state index contributed by atoms with van der Waals surface area (Å²) in [6.07, 6.45) is 3.21. The third-order valence-electron chi connectivity index (χ3n) is 3.20. The maximum absolute atomic E-state index is 12.0. The fourth-order valence-electron chi connectivity index (χ4n) is 2.32. The third kappa shape index (κ3) is 3.75. The van der Waals surface area contributed by atoms with Crippen molar-refractivity contribution >= 4 is 5.97 Å². The van der Waals surface area contributed by atoms with Gasteiger partial charge >= 0.3 is 5.97 Å². The Kier molecular flexibility index (Phi) is 4.50. The molecule has 1 saturated heterocycles. The molecule has 2 unspecified atom stereocenters. The number of hydrogen-bond donors (Lipinski definition) is 1. The molecule has 2 N–H and O–H groups in total. The predicted octanol–water partition coefficient (Wildman–Crippen LogP) is 1.65. The van der Waals surface area contributed by atoms with E-state index in [0.29, 0.717) is 12.2 Å². The van der Waals surface area contributed by atoms with Crippen molar-refractivity contribution in [3.8, 4) is 0 Å². The van der Waals surface area contributed by atoms with Crippen molar-refractivity contribution < 1.29 is 14.3 Å². The normalized spacial score (nSPS) is 27.0. The van der Waals surface area contributed by atoms with Crippen LogP contribution in [0.5, 0.6) is 0 Å². The van der Waals surface area contributed by atoms with Crippen LogP contribution in [0.2, 0.25) is 0 Å². The van der Waals surface area contributed by atoms with Crippen molar-refractivity contribution in [2.75, 3.05) is 0 Å². The lowest BCUT2D eigenvalue weighted by Crippen LogP contribution is -2.35. The van der Waals surface area contributed by atoms with Crippen molar-refractivity contribution in [1.82, 2.24) is 4.98 Å². The van der Waals surface area contributed by atoms with Crippen molar-refractivity contribution in [1.29, 1.82) is 0 Å². The molecule has 0 spiro atoms.